The van der Waals surface area contributed by atoms with Crippen LogP contribution in [0.1, 0.15) is 24.3 Å². The zero-order valence-electron chi connectivity index (χ0n) is 7.87. The Morgan fingerprint density at radius 2 is 2.20 bits per heavy atom. The van der Waals surface area contributed by atoms with E-state index in [1.54, 1.807) is 12.5 Å². The van der Waals surface area contributed by atoms with Gasteiger partial charge in [0.25, 0.3) is 0 Å². The second-order valence-corrected chi connectivity index (χ2v) is 5.05. The van der Waals surface area contributed by atoms with Gasteiger partial charge in [0.05, 0.1) is 10.5 Å². The quantitative estimate of drug-likeness (QED) is 0.792. The first-order valence-electron chi connectivity index (χ1n) is 4.85. The lowest BCUT2D eigenvalue weighted by Gasteiger charge is -2.07. The van der Waals surface area contributed by atoms with Gasteiger partial charge in [-0.1, -0.05) is 11.6 Å². The fourth-order valence-electron chi connectivity index (χ4n) is 1.82. The standard InChI is InChI=1S/C11H8BrClN2/c12-9-3-7(6-1-2-6)11-8(10(9)13)4-14-5-15-11/h3-6H,1-2H2. The molecule has 0 atom stereocenters. The first-order valence-corrected chi connectivity index (χ1v) is 6.02. The third-order valence-corrected chi connectivity index (χ3v) is 3.99. The number of hydrogen-bond donors (Lipinski definition) is 0. The van der Waals surface area contributed by atoms with Crippen molar-refractivity contribution in [2.45, 2.75) is 18.8 Å². The van der Waals surface area contributed by atoms with Crippen molar-refractivity contribution >= 4 is 38.4 Å². The molecule has 0 amide bonds. The van der Waals surface area contributed by atoms with E-state index in [0.29, 0.717) is 10.9 Å². The molecule has 4 heteroatoms. The molecule has 2 aromatic rings. The van der Waals surface area contributed by atoms with Crippen LogP contribution in [0.25, 0.3) is 10.9 Å². The van der Waals surface area contributed by atoms with Crippen LogP contribution in [-0.4, -0.2) is 9.97 Å². The van der Waals surface area contributed by atoms with Gasteiger partial charge in [-0.2, -0.15) is 0 Å². The molecule has 76 valence electrons. The highest BCUT2D eigenvalue weighted by atomic mass is 79.9. The van der Waals surface area contributed by atoms with Crippen molar-refractivity contribution in [3.63, 3.8) is 0 Å². The minimum absolute atomic E-state index is 0.663. The minimum Gasteiger partial charge on any atom is -0.244 e. The summed E-state index contributed by atoms with van der Waals surface area (Å²) in [7, 11) is 0. The van der Waals surface area contributed by atoms with Gasteiger partial charge < -0.3 is 0 Å². The van der Waals surface area contributed by atoms with Crippen LogP contribution < -0.4 is 0 Å². The summed E-state index contributed by atoms with van der Waals surface area (Å²) < 4.78 is 0.938. The molecular formula is C11H8BrClN2. The molecule has 1 fully saturated rings. The molecule has 1 heterocycles. The lowest BCUT2D eigenvalue weighted by molar-refractivity contribution is 1.12. The second kappa shape index (κ2) is 3.42. The van der Waals surface area contributed by atoms with E-state index in [9.17, 15) is 0 Å². The number of benzene rings is 1. The van der Waals surface area contributed by atoms with Crippen LogP contribution >= 0.6 is 27.5 Å². The fraction of sp³-hybridized carbons (Fsp3) is 0.273. The van der Waals surface area contributed by atoms with Crippen molar-refractivity contribution in [2.75, 3.05) is 0 Å². The summed E-state index contributed by atoms with van der Waals surface area (Å²) in [4.78, 5) is 8.35. The van der Waals surface area contributed by atoms with Crippen LogP contribution in [0.2, 0.25) is 5.02 Å². The number of fused-ring (bicyclic) bond motifs is 1. The summed E-state index contributed by atoms with van der Waals surface area (Å²) in [5.41, 5.74) is 2.30. The maximum absolute atomic E-state index is 6.20. The van der Waals surface area contributed by atoms with E-state index in [1.165, 1.54) is 18.4 Å². The van der Waals surface area contributed by atoms with E-state index in [2.05, 4.69) is 32.0 Å². The molecule has 2 nitrogen and oxygen atoms in total. The van der Waals surface area contributed by atoms with Gasteiger partial charge in [-0.25, -0.2) is 9.97 Å². The van der Waals surface area contributed by atoms with E-state index in [-0.39, 0.29) is 0 Å². The molecular weight excluding hydrogens is 275 g/mol. The molecule has 0 spiro atoms. The Balaban J connectivity index is 2.39. The van der Waals surface area contributed by atoms with E-state index in [1.807, 2.05) is 0 Å². The fourth-order valence-corrected chi connectivity index (χ4v) is 2.48. The molecule has 3 rings (SSSR count). The summed E-state index contributed by atoms with van der Waals surface area (Å²) in [6.45, 7) is 0. The highest BCUT2D eigenvalue weighted by molar-refractivity contribution is 9.10. The molecule has 1 aromatic carbocycles. The Morgan fingerprint density at radius 3 is 2.93 bits per heavy atom. The van der Waals surface area contributed by atoms with E-state index in [4.69, 9.17) is 11.6 Å². The summed E-state index contributed by atoms with van der Waals surface area (Å²) in [6.07, 6.45) is 5.88. The minimum atomic E-state index is 0.663. The van der Waals surface area contributed by atoms with Crippen molar-refractivity contribution in [2.24, 2.45) is 0 Å². The Labute approximate surface area is 101 Å². The maximum atomic E-state index is 6.20. The number of hydrogen-bond acceptors (Lipinski definition) is 2. The zero-order valence-corrected chi connectivity index (χ0v) is 10.2. The summed E-state index contributed by atoms with van der Waals surface area (Å²) in [6, 6.07) is 2.09. The highest BCUT2D eigenvalue weighted by Gasteiger charge is 2.27. The van der Waals surface area contributed by atoms with Gasteiger partial charge in [-0.3, -0.25) is 0 Å². The Hall–Kier alpha value is -0.670. The van der Waals surface area contributed by atoms with Crippen LogP contribution in [0.5, 0.6) is 0 Å². The average Bonchev–Trinajstić information content (AvgIpc) is 3.07. The number of rotatable bonds is 1. The Bertz CT molecular complexity index is 537. The van der Waals surface area contributed by atoms with Gasteiger partial charge in [-0.15, -0.1) is 0 Å². The third-order valence-electron chi connectivity index (χ3n) is 2.73. The number of nitrogens with zero attached hydrogens (tertiary/aromatic N) is 2. The summed E-state index contributed by atoms with van der Waals surface area (Å²) in [5, 5.41) is 1.64. The first kappa shape index (κ1) is 9.55. The third kappa shape index (κ3) is 1.54. The topological polar surface area (TPSA) is 25.8 Å². The van der Waals surface area contributed by atoms with Gasteiger partial charge in [-0.05, 0) is 46.3 Å². The molecule has 15 heavy (non-hydrogen) atoms. The van der Waals surface area contributed by atoms with Crippen molar-refractivity contribution in [3.8, 4) is 0 Å². The van der Waals surface area contributed by atoms with Crippen molar-refractivity contribution in [1.82, 2.24) is 9.97 Å². The highest BCUT2D eigenvalue weighted by Crippen LogP contribution is 2.45. The lowest BCUT2D eigenvalue weighted by atomic mass is 10.1. The van der Waals surface area contributed by atoms with E-state index < -0.39 is 0 Å². The van der Waals surface area contributed by atoms with Crippen molar-refractivity contribution < 1.29 is 0 Å². The lowest BCUT2D eigenvalue weighted by Crippen LogP contribution is -1.90. The van der Waals surface area contributed by atoms with Gasteiger partial charge in [0.1, 0.15) is 6.33 Å². The molecule has 0 unspecified atom stereocenters. The normalized spacial score (nSPS) is 15.9. The Morgan fingerprint density at radius 1 is 1.40 bits per heavy atom. The number of aromatic nitrogens is 2. The van der Waals surface area contributed by atoms with Gasteiger partial charge >= 0.3 is 0 Å². The molecule has 0 bridgehead atoms. The molecule has 1 aliphatic rings. The van der Waals surface area contributed by atoms with Crippen LogP contribution in [-0.2, 0) is 0 Å². The van der Waals surface area contributed by atoms with Crippen LogP contribution in [0.15, 0.2) is 23.1 Å². The summed E-state index contributed by atoms with van der Waals surface area (Å²) in [5.74, 6) is 0.663. The smallest absolute Gasteiger partial charge is 0.116 e. The predicted molar refractivity (Wildman–Crippen MR) is 64.2 cm³/mol. The van der Waals surface area contributed by atoms with E-state index in [0.717, 1.165) is 15.4 Å². The Kier molecular flexibility index (Phi) is 2.18. The molecule has 1 aliphatic carbocycles. The van der Waals surface area contributed by atoms with E-state index >= 15 is 0 Å². The first-order chi connectivity index (χ1) is 7.27. The molecule has 0 N–H and O–H groups in total. The largest absolute Gasteiger partial charge is 0.244 e. The monoisotopic (exact) mass is 282 g/mol. The van der Waals surface area contributed by atoms with Crippen LogP contribution in [0.4, 0.5) is 0 Å². The predicted octanol–water partition coefficient (Wildman–Crippen LogP) is 3.92. The second-order valence-electron chi connectivity index (χ2n) is 3.82. The van der Waals surface area contributed by atoms with Crippen LogP contribution in [0.3, 0.4) is 0 Å². The van der Waals surface area contributed by atoms with Crippen molar-refractivity contribution in [3.05, 3.63) is 33.6 Å². The van der Waals surface area contributed by atoms with Gasteiger partial charge in [0.15, 0.2) is 0 Å². The summed E-state index contributed by atoms with van der Waals surface area (Å²) >= 11 is 9.67. The SMILES string of the molecule is Clc1c(Br)cc(C2CC2)c2ncncc12. The van der Waals surface area contributed by atoms with Crippen molar-refractivity contribution in [1.29, 1.82) is 0 Å². The average molecular weight is 284 g/mol. The number of halogens is 2. The maximum Gasteiger partial charge on any atom is 0.116 e. The molecule has 1 aromatic heterocycles. The van der Waals surface area contributed by atoms with Crippen LogP contribution in [0, 0.1) is 0 Å². The van der Waals surface area contributed by atoms with Gasteiger partial charge in [0.2, 0.25) is 0 Å². The molecule has 1 saturated carbocycles. The molecule has 0 aliphatic heterocycles. The van der Waals surface area contributed by atoms with Gasteiger partial charge in [0, 0.05) is 16.1 Å². The zero-order chi connectivity index (χ0) is 10.4. The molecule has 0 radical (unpaired) electrons. The molecule has 0 saturated heterocycles.